The van der Waals surface area contributed by atoms with Gasteiger partial charge in [-0.05, 0) is 49.8 Å². The number of methoxy groups -OCH3 is 1. The third kappa shape index (κ3) is 3.66. The van der Waals surface area contributed by atoms with Crippen molar-refractivity contribution in [2.24, 2.45) is 11.8 Å². The minimum Gasteiger partial charge on any atom is -0.468 e. The fraction of sp³-hybridized carbons (Fsp3) is 0.933. The van der Waals surface area contributed by atoms with Gasteiger partial charge >= 0.3 is 5.97 Å². The predicted molar refractivity (Wildman–Crippen MR) is 80.4 cm³/mol. The number of hydrogen-bond acceptors (Lipinski definition) is 4. The Kier molecular flexibility index (Phi) is 5.58. The fourth-order valence-electron chi connectivity index (χ4n) is 3.25. The Bertz CT molecular complexity index is 301. The summed E-state index contributed by atoms with van der Waals surface area (Å²) in [5, 5.41) is 3.44. The van der Waals surface area contributed by atoms with Crippen LogP contribution in [-0.2, 0) is 9.53 Å². The van der Waals surface area contributed by atoms with Crippen LogP contribution in [0.3, 0.4) is 0 Å². The molecule has 0 heterocycles. The van der Waals surface area contributed by atoms with Gasteiger partial charge in [0, 0.05) is 5.75 Å². The smallest absolute Gasteiger partial charge is 0.327 e. The van der Waals surface area contributed by atoms with Crippen LogP contribution in [0.2, 0.25) is 0 Å². The molecule has 0 radical (unpaired) electrons. The van der Waals surface area contributed by atoms with E-state index in [0.29, 0.717) is 5.92 Å². The molecule has 0 aromatic heterocycles. The zero-order valence-electron chi connectivity index (χ0n) is 12.2. The quantitative estimate of drug-likeness (QED) is 0.696. The van der Waals surface area contributed by atoms with Crippen molar-refractivity contribution in [1.82, 2.24) is 5.32 Å². The Balaban J connectivity index is 1.90. The normalized spacial score (nSPS) is 23.3. The Hall–Kier alpha value is -0.220. The van der Waals surface area contributed by atoms with Crippen LogP contribution in [0.15, 0.2) is 0 Å². The van der Waals surface area contributed by atoms with Crippen molar-refractivity contribution in [1.29, 1.82) is 0 Å². The van der Waals surface area contributed by atoms with Gasteiger partial charge in [-0.25, -0.2) is 0 Å². The molecule has 2 aliphatic carbocycles. The lowest BCUT2D eigenvalue weighted by Crippen LogP contribution is -2.56. The minimum atomic E-state index is -0.424. The van der Waals surface area contributed by atoms with Crippen LogP contribution in [0.5, 0.6) is 0 Å². The van der Waals surface area contributed by atoms with E-state index < -0.39 is 5.54 Å². The molecule has 2 rings (SSSR count). The number of rotatable bonds is 8. The number of esters is 1. The summed E-state index contributed by atoms with van der Waals surface area (Å²) in [5.41, 5.74) is -0.424. The van der Waals surface area contributed by atoms with Gasteiger partial charge in [-0.2, -0.15) is 11.8 Å². The van der Waals surface area contributed by atoms with Crippen LogP contribution in [0, 0.1) is 11.8 Å². The summed E-state index contributed by atoms with van der Waals surface area (Å²) < 4.78 is 5.08. The van der Waals surface area contributed by atoms with Crippen LogP contribution in [0.4, 0.5) is 0 Å². The highest BCUT2D eigenvalue weighted by atomic mass is 32.2. The summed E-state index contributed by atoms with van der Waals surface area (Å²) in [5.74, 6) is 3.37. The van der Waals surface area contributed by atoms with Crippen molar-refractivity contribution < 1.29 is 9.53 Å². The monoisotopic (exact) mass is 285 g/mol. The molecule has 0 saturated heterocycles. The Morgan fingerprint density at radius 2 is 2.00 bits per heavy atom. The molecule has 2 aliphatic rings. The van der Waals surface area contributed by atoms with Gasteiger partial charge in [0.25, 0.3) is 0 Å². The predicted octanol–water partition coefficient (Wildman–Crippen LogP) is 2.84. The first-order valence-corrected chi connectivity index (χ1v) is 8.79. The zero-order valence-corrected chi connectivity index (χ0v) is 13.1. The SMILES string of the molecule is CCNC(CSCC1CCCC1)(C(=O)OC)C1CC1. The van der Waals surface area contributed by atoms with Crippen LogP contribution >= 0.6 is 11.8 Å². The van der Waals surface area contributed by atoms with E-state index in [0.717, 1.165) is 31.1 Å². The van der Waals surface area contributed by atoms with Gasteiger partial charge in [0.15, 0.2) is 0 Å². The van der Waals surface area contributed by atoms with Gasteiger partial charge in [-0.3, -0.25) is 4.79 Å². The van der Waals surface area contributed by atoms with E-state index in [1.54, 1.807) is 0 Å². The summed E-state index contributed by atoms with van der Waals surface area (Å²) >= 11 is 1.95. The molecule has 19 heavy (non-hydrogen) atoms. The second kappa shape index (κ2) is 6.98. The fourth-order valence-corrected chi connectivity index (χ4v) is 4.81. The number of thioether (sulfide) groups is 1. The van der Waals surface area contributed by atoms with Crippen LogP contribution in [0.1, 0.15) is 45.4 Å². The molecule has 110 valence electrons. The second-order valence-electron chi connectivity index (χ2n) is 5.93. The Morgan fingerprint density at radius 3 is 2.53 bits per heavy atom. The van der Waals surface area contributed by atoms with Crippen molar-refractivity contribution in [3.63, 3.8) is 0 Å². The number of hydrogen-bond donors (Lipinski definition) is 1. The van der Waals surface area contributed by atoms with Crippen LogP contribution < -0.4 is 5.32 Å². The summed E-state index contributed by atoms with van der Waals surface area (Å²) in [6.07, 6.45) is 7.86. The maximum absolute atomic E-state index is 12.2. The molecule has 2 fully saturated rings. The summed E-state index contributed by atoms with van der Waals surface area (Å²) in [4.78, 5) is 12.2. The zero-order chi connectivity index (χ0) is 13.7. The van der Waals surface area contributed by atoms with E-state index >= 15 is 0 Å². The average Bonchev–Trinajstić information content (AvgIpc) is 3.15. The molecule has 0 amide bonds. The molecule has 1 atom stereocenters. The van der Waals surface area contributed by atoms with E-state index in [9.17, 15) is 4.79 Å². The van der Waals surface area contributed by atoms with Gasteiger partial charge in [-0.1, -0.05) is 19.8 Å². The number of nitrogens with one attached hydrogen (secondary N) is 1. The minimum absolute atomic E-state index is 0.0595. The second-order valence-corrected chi connectivity index (χ2v) is 6.96. The van der Waals surface area contributed by atoms with Gasteiger partial charge in [-0.15, -0.1) is 0 Å². The van der Waals surface area contributed by atoms with Gasteiger partial charge < -0.3 is 10.1 Å². The number of carbonyl (C=O) groups is 1. The molecule has 0 aliphatic heterocycles. The molecule has 1 N–H and O–H groups in total. The van der Waals surface area contributed by atoms with Gasteiger partial charge in [0.05, 0.1) is 7.11 Å². The highest BCUT2D eigenvalue weighted by Gasteiger charge is 2.51. The van der Waals surface area contributed by atoms with E-state index in [4.69, 9.17) is 4.74 Å². The summed E-state index contributed by atoms with van der Waals surface area (Å²) in [7, 11) is 1.51. The maximum atomic E-state index is 12.2. The van der Waals surface area contributed by atoms with Crippen LogP contribution in [0.25, 0.3) is 0 Å². The van der Waals surface area contributed by atoms with Crippen molar-refractivity contribution in [3.05, 3.63) is 0 Å². The third-order valence-electron chi connectivity index (χ3n) is 4.47. The van der Waals surface area contributed by atoms with Crippen molar-refractivity contribution in [2.75, 3.05) is 25.2 Å². The first-order chi connectivity index (χ1) is 9.23. The molecule has 0 aromatic rings. The van der Waals surface area contributed by atoms with E-state index in [1.165, 1.54) is 38.5 Å². The molecule has 0 aromatic carbocycles. The van der Waals surface area contributed by atoms with E-state index in [2.05, 4.69) is 12.2 Å². The molecular weight excluding hydrogens is 258 g/mol. The summed E-state index contributed by atoms with van der Waals surface area (Å²) in [6, 6.07) is 0. The molecule has 1 unspecified atom stereocenters. The molecule has 4 heteroatoms. The number of ether oxygens (including phenoxy) is 1. The van der Waals surface area contributed by atoms with Crippen molar-refractivity contribution in [3.8, 4) is 0 Å². The molecule has 0 bridgehead atoms. The topological polar surface area (TPSA) is 38.3 Å². The lowest BCUT2D eigenvalue weighted by atomic mass is 9.95. The van der Waals surface area contributed by atoms with Crippen molar-refractivity contribution in [2.45, 2.75) is 51.0 Å². The number of carbonyl (C=O) groups excluding carboxylic acids is 1. The average molecular weight is 285 g/mol. The Labute approximate surface area is 121 Å². The Morgan fingerprint density at radius 1 is 1.32 bits per heavy atom. The van der Waals surface area contributed by atoms with Crippen LogP contribution in [-0.4, -0.2) is 36.7 Å². The molecule has 2 saturated carbocycles. The molecule has 3 nitrogen and oxygen atoms in total. The standard InChI is InChI=1S/C15H27NO2S/c1-3-16-15(13-8-9-13,14(17)18-2)11-19-10-12-6-4-5-7-12/h12-13,16H,3-11H2,1-2H3. The van der Waals surface area contributed by atoms with E-state index in [-0.39, 0.29) is 5.97 Å². The molecular formula is C15H27NO2S. The van der Waals surface area contributed by atoms with E-state index in [1.807, 2.05) is 11.8 Å². The first-order valence-electron chi connectivity index (χ1n) is 7.64. The lowest BCUT2D eigenvalue weighted by molar-refractivity contribution is -0.148. The molecule has 0 spiro atoms. The first kappa shape index (κ1) is 15.2. The van der Waals surface area contributed by atoms with Gasteiger partial charge in [0.2, 0.25) is 0 Å². The van der Waals surface area contributed by atoms with Crippen molar-refractivity contribution >= 4 is 17.7 Å². The summed E-state index contributed by atoms with van der Waals surface area (Å²) in [6.45, 7) is 2.90. The lowest BCUT2D eigenvalue weighted by Gasteiger charge is -2.32. The van der Waals surface area contributed by atoms with Gasteiger partial charge in [0.1, 0.15) is 5.54 Å². The highest BCUT2D eigenvalue weighted by Crippen LogP contribution is 2.42. The number of likely N-dealkylation sites (N-methyl/N-ethyl adjacent to an activating group) is 1. The maximum Gasteiger partial charge on any atom is 0.327 e. The highest BCUT2D eigenvalue weighted by molar-refractivity contribution is 7.99. The third-order valence-corrected chi connectivity index (χ3v) is 5.84. The largest absolute Gasteiger partial charge is 0.468 e.